The van der Waals surface area contributed by atoms with Crippen LogP contribution in [-0.2, 0) is 7.05 Å². The molecule has 1 aromatic carbocycles. The molecule has 120 valence electrons. The van der Waals surface area contributed by atoms with Gasteiger partial charge in [0.05, 0.1) is 18.7 Å². The summed E-state index contributed by atoms with van der Waals surface area (Å²) in [6.07, 6.45) is 0. The van der Waals surface area contributed by atoms with Gasteiger partial charge in [-0.05, 0) is 17.7 Å². The zero-order chi connectivity index (χ0) is 16.7. The summed E-state index contributed by atoms with van der Waals surface area (Å²) in [6, 6.07) is 3.14. The number of aromatic nitrogens is 2. The number of H-pyrrole nitrogens is 1. The number of benzene rings is 1. The fourth-order valence-electron chi connectivity index (χ4n) is 2.53. The van der Waals surface area contributed by atoms with Gasteiger partial charge in [0.25, 0.3) is 5.56 Å². The lowest BCUT2D eigenvalue weighted by Gasteiger charge is -2.27. The van der Waals surface area contributed by atoms with Gasteiger partial charge in [-0.25, -0.2) is 9.59 Å². The predicted molar refractivity (Wildman–Crippen MR) is 81.0 cm³/mol. The average Bonchev–Trinajstić information content (AvgIpc) is 2.52. The maximum Gasteiger partial charge on any atom is 0.329 e. The van der Waals surface area contributed by atoms with E-state index in [9.17, 15) is 19.5 Å². The molecule has 2 amide bonds. The molecule has 0 spiro atoms. The highest BCUT2D eigenvalue weighted by Crippen LogP contribution is 2.33. The molecule has 1 aromatic heterocycles. The van der Waals surface area contributed by atoms with Gasteiger partial charge in [0.15, 0.2) is 11.5 Å². The van der Waals surface area contributed by atoms with E-state index in [1.807, 2.05) is 0 Å². The first kappa shape index (κ1) is 14.7. The summed E-state index contributed by atoms with van der Waals surface area (Å²) in [6.45, 7) is 0. The number of methoxy groups -OCH3 is 1. The molecule has 0 bridgehead atoms. The standard InChI is InChI=1S/C14H14N4O5/c1-18-11-9(12(20)17-14(18)22)10(15-13(21)16-11)6-3-4-7(19)8(5-6)23-2/h3-5,10,19H,1-2H3,(H2,15,16,21)(H,17,20,22)/t10-/m1/s1. The second-order valence-electron chi connectivity index (χ2n) is 5.04. The van der Waals surface area contributed by atoms with Crippen LogP contribution in [0.25, 0.3) is 0 Å². The van der Waals surface area contributed by atoms with Crippen LogP contribution in [-0.4, -0.2) is 27.8 Å². The highest BCUT2D eigenvalue weighted by Gasteiger charge is 2.31. The number of anilines is 1. The molecule has 0 fully saturated rings. The first-order valence-electron chi connectivity index (χ1n) is 6.70. The number of urea groups is 1. The average molecular weight is 318 g/mol. The van der Waals surface area contributed by atoms with Crippen LogP contribution in [0.2, 0.25) is 0 Å². The van der Waals surface area contributed by atoms with Crippen molar-refractivity contribution in [3.8, 4) is 11.5 Å². The van der Waals surface area contributed by atoms with E-state index >= 15 is 0 Å². The van der Waals surface area contributed by atoms with Crippen molar-refractivity contribution in [1.29, 1.82) is 0 Å². The minimum absolute atomic E-state index is 0.0638. The summed E-state index contributed by atoms with van der Waals surface area (Å²) in [5, 5.41) is 14.8. The molecule has 0 radical (unpaired) electrons. The molecule has 23 heavy (non-hydrogen) atoms. The number of fused-ring (bicyclic) bond motifs is 1. The smallest absolute Gasteiger partial charge is 0.329 e. The Balaban J connectivity index is 2.24. The fraction of sp³-hybridized carbons (Fsp3) is 0.214. The number of aromatic hydroxyl groups is 1. The summed E-state index contributed by atoms with van der Waals surface area (Å²) in [5.74, 6) is 0.267. The lowest BCUT2D eigenvalue weighted by atomic mass is 9.98. The molecular formula is C14H14N4O5. The number of amides is 2. The van der Waals surface area contributed by atoms with Crippen molar-refractivity contribution in [2.45, 2.75) is 6.04 Å². The van der Waals surface area contributed by atoms with Gasteiger partial charge in [-0.15, -0.1) is 0 Å². The minimum atomic E-state index is -0.788. The number of nitrogens with zero attached hydrogens (tertiary/aromatic N) is 1. The summed E-state index contributed by atoms with van der Waals surface area (Å²) in [4.78, 5) is 38.0. The monoisotopic (exact) mass is 318 g/mol. The van der Waals surface area contributed by atoms with Crippen molar-refractivity contribution in [2.75, 3.05) is 12.4 Å². The number of phenols is 1. The van der Waals surface area contributed by atoms with Crippen molar-refractivity contribution in [3.05, 3.63) is 50.2 Å². The van der Waals surface area contributed by atoms with Crippen LogP contribution in [0.5, 0.6) is 11.5 Å². The van der Waals surface area contributed by atoms with Crippen molar-refractivity contribution in [3.63, 3.8) is 0 Å². The third-order valence-electron chi connectivity index (χ3n) is 3.69. The number of phenolic OH excluding ortho intramolecular Hbond substituents is 1. The highest BCUT2D eigenvalue weighted by atomic mass is 16.5. The number of ether oxygens (including phenoxy) is 1. The molecule has 0 unspecified atom stereocenters. The zero-order valence-electron chi connectivity index (χ0n) is 12.3. The van der Waals surface area contributed by atoms with Gasteiger partial charge in [-0.3, -0.25) is 19.7 Å². The lowest BCUT2D eigenvalue weighted by Crippen LogP contribution is -2.46. The number of rotatable bonds is 2. The molecule has 9 nitrogen and oxygen atoms in total. The minimum Gasteiger partial charge on any atom is -0.504 e. The maximum absolute atomic E-state index is 12.2. The van der Waals surface area contributed by atoms with Crippen LogP contribution in [0.1, 0.15) is 17.2 Å². The van der Waals surface area contributed by atoms with Crippen molar-refractivity contribution >= 4 is 11.8 Å². The number of carbonyl (C=O) groups excluding carboxylic acids is 1. The van der Waals surface area contributed by atoms with E-state index in [2.05, 4.69) is 15.6 Å². The van der Waals surface area contributed by atoms with E-state index in [1.54, 1.807) is 6.07 Å². The first-order valence-corrected chi connectivity index (χ1v) is 6.70. The highest BCUT2D eigenvalue weighted by molar-refractivity contribution is 5.92. The Morgan fingerprint density at radius 1 is 1.26 bits per heavy atom. The van der Waals surface area contributed by atoms with Crippen LogP contribution in [0.15, 0.2) is 27.8 Å². The molecule has 1 atom stereocenters. The Morgan fingerprint density at radius 3 is 2.70 bits per heavy atom. The Bertz CT molecular complexity index is 914. The Labute approximate surface area is 129 Å². The number of carbonyl (C=O) groups is 1. The molecule has 2 heterocycles. The SMILES string of the molecule is COc1cc([C@H]2NC(=O)Nc3c2c(=O)[nH]c(=O)n3C)ccc1O. The van der Waals surface area contributed by atoms with E-state index in [-0.39, 0.29) is 22.9 Å². The van der Waals surface area contributed by atoms with Gasteiger partial charge in [-0.1, -0.05) is 6.07 Å². The first-order chi connectivity index (χ1) is 10.9. The largest absolute Gasteiger partial charge is 0.504 e. The second kappa shape index (κ2) is 5.20. The van der Waals surface area contributed by atoms with Crippen LogP contribution >= 0.6 is 0 Å². The van der Waals surface area contributed by atoms with Crippen LogP contribution in [0, 0.1) is 0 Å². The molecule has 4 N–H and O–H groups in total. The number of nitrogens with one attached hydrogen (secondary N) is 3. The van der Waals surface area contributed by atoms with Crippen LogP contribution < -0.4 is 26.6 Å². The molecular weight excluding hydrogens is 304 g/mol. The Hall–Kier alpha value is -3.23. The summed E-state index contributed by atoms with van der Waals surface area (Å²) in [5.41, 5.74) is -0.509. The van der Waals surface area contributed by atoms with Crippen molar-refractivity contribution in [2.24, 2.45) is 7.05 Å². The predicted octanol–water partition coefficient (Wildman–Crippen LogP) is 0.0123. The summed E-state index contributed by atoms with van der Waals surface area (Å²) < 4.78 is 6.20. The topological polar surface area (TPSA) is 125 Å². The van der Waals surface area contributed by atoms with E-state index in [0.29, 0.717) is 5.56 Å². The van der Waals surface area contributed by atoms with Gasteiger partial charge in [0.2, 0.25) is 0 Å². The maximum atomic E-state index is 12.2. The molecule has 9 heteroatoms. The Morgan fingerprint density at radius 2 is 2.00 bits per heavy atom. The van der Waals surface area contributed by atoms with E-state index in [4.69, 9.17) is 4.74 Å². The fourth-order valence-corrected chi connectivity index (χ4v) is 2.53. The quantitative estimate of drug-likeness (QED) is 0.621. The third-order valence-corrected chi connectivity index (χ3v) is 3.69. The number of hydrogen-bond acceptors (Lipinski definition) is 5. The van der Waals surface area contributed by atoms with Crippen LogP contribution in [0.3, 0.4) is 0 Å². The molecule has 1 aliphatic heterocycles. The molecule has 3 rings (SSSR count). The normalized spacial score (nSPS) is 16.3. The van der Waals surface area contributed by atoms with Crippen molar-refractivity contribution in [1.82, 2.24) is 14.9 Å². The summed E-state index contributed by atoms with van der Waals surface area (Å²) in [7, 11) is 2.83. The third kappa shape index (κ3) is 2.31. The summed E-state index contributed by atoms with van der Waals surface area (Å²) >= 11 is 0. The zero-order valence-corrected chi connectivity index (χ0v) is 12.3. The van der Waals surface area contributed by atoms with Gasteiger partial charge < -0.3 is 15.2 Å². The van der Waals surface area contributed by atoms with Gasteiger partial charge in [0.1, 0.15) is 5.82 Å². The molecule has 0 saturated carbocycles. The molecule has 0 saturated heterocycles. The van der Waals surface area contributed by atoms with Crippen molar-refractivity contribution < 1.29 is 14.6 Å². The number of hydrogen-bond donors (Lipinski definition) is 4. The molecule has 2 aromatic rings. The second-order valence-corrected chi connectivity index (χ2v) is 5.04. The van der Waals surface area contributed by atoms with E-state index in [1.165, 1.54) is 26.3 Å². The number of aromatic amines is 1. The Kier molecular flexibility index (Phi) is 3.32. The van der Waals surface area contributed by atoms with Gasteiger partial charge in [-0.2, -0.15) is 0 Å². The van der Waals surface area contributed by atoms with Gasteiger partial charge >= 0.3 is 11.7 Å². The van der Waals surface area contributed by atoms with Gasteiger partial charge in [0, 0.05) is 7.05 Å². The van der Waals surface area contributed by atoms with E-state index < -0.39 is 23.3 Å². The van der Waals surface area contributed by atoms with Crippen LogP contribution in [0.4, 0.5) is 10.6 Å². The lowest BCUT2D eigenvalue weighted by molar-refractivity contribution is 0.248. The van der Waals surface area contributed by atoms with E-state index in [0.717, 1.165) is 4.57 Å². The molecule has 1 aliphatic rings. The molecule has 0 aliphatic carbocycles.